The predicted octanol–water partition coefficient (Wildman–Crippen LogP) is 1.88. The van der Waals surface area contributed by atoms with E-state index in [4.69, 9.17) is 0 Å². The highest BCUT2D eigenvalue weighted by atomic mass is 32.2. The fourth-order valence-electron chi connectivity index (χ4n) is 1.74. The number of aliphatic hydroxyl groups excluding tert-OH is 1. The van der Waals surface area contributed by atoms with Gasteiger partial charge in [-0.3, -0.25) is 0 Å². The van der Waals surface area contributed by atoms with Crippen molar-refractivity contribution in [3.63, 3.8) is 0 Å². The average Bonchev–Trinajstić information content (AvgIpc) is 3.01. The summed E-state index contributed by atoms with van der Waals surface area (Å²) in [4.78, 5) is 0. The first-order chi connectivity index (χ1) is 6.73. The molecule has 84 valence electrons. The fraction of sp³-hybridized carbons (Fsp3) is 1.00. The third kappa shape index (κ3) is 3.79. The summed E-state index contributed by atoms with van der Waals surface area (Å²) in [5, 5.41) is 12.8. The molecule has 0 amide bonds. The first kappa shape index (κ1) is 12.3. The molecular formula is C11H23NOS. The Morgan fingerprint density at radius 1 is 1.50 bits per heavy atom. The highest BCUT2D eigenvalue weighted by molar-refractivity contribution is 7.99. The van der Waals surface area contributed by atoms with Crippen molar-refractivity contribution in [2.75, 3.05) is 24.7 Å². The molecule has 14 heavy (non-hydrogen) atoms. The minimum Gasteiger partial charge on any atom is -0.394 e. The van der Waals surface area contributed by atoms with Crippen molar-refractivity contribution in [3.05, 3.63) is 0 Å². The van der Waals surface area contributed by atoms with E-state index in [1.54, 1.807) is 0 Å². The molecule has 1 aliphatic rings. The van der Waals surface area contributed by atoms with Gasteiger partial charge >= 0.3 is 0 Å². The van der Waals surface area contributed by atoms with Gasteiger partial charge in [-0.25, -0.2) is 0 Å². The number of aliphatic hydroxyl groups is 1. The van der Waals surface area contributed by atoms with Crippen LogP contribution in [0.3, 0.4) is 0 Å². The summed E-state index contributed by atoms with van der Waals surface area (Å²) < 4.78 is 0. The van der Waals surface area contributed by atoms with E-state index in [2.05, 4.69) is 19.2 Å². The van der Waals surface area contributed by atoms with Crippen LogP contribution in [0, 0.1) is 5.92 Å². The Morgan fingerprint density at radius 3 is 2.71 bits per heavy atom. The largest absolute Gasteiger partial charge is 0.394 e. The van der Waals surface area contributed by atoms with E-state index in [-0.39, 0.29) is 12.1 Å². The third-order valence-electron chi connectivity index (χ3n) is 3.01. The van der Waals surface area contributed by atoms with Crippen LogP contribution in [-0.4, -0.2) is 35.3 Å². The van der Waals surface area contributed by atoms with Gasteiger partial charge in [0.2, 0.25) is 0 Å². The molecule has 0 heterocycles. The van der Waals surface area contributed by atoms with Crippen LogP contribution in [0.2, 0.25) is 0 Å². The minimum atomic E-state index is -0.00309. The van der Waals surface area contributed by atoms with Gasteiger partial charge in [0, 0.05) is 5.54 Å². The Morgan fingerprint density at radius 2 is 2.21 bits per heavy atom. The van der Waals surface area contributed by atoms with Crippen molar-refractivity contribution in [1.82, 2.24) is 5.32 Å². The number of rotatable bonds is 8. The smallest absolute Gasteiger partial charge is 0.0613 e. The second-order valence-corrected chi connectivity index (χ2v) is 5.72. The number of hydrogen-bond donors (Lipinski definition) is 2. The molecule has 1 atom stereocenters. The zero-order valence-electron chi connectivity index (χ0n) is 9.38. The molecule has 1 rings (SSSR count). The zero-order chi connectivity index (χ0) is 10.4. The van der Waals surface area contributed by atoms with Crippen molar-refractivity contribution in [1.29, 1.82) is 0 Å². The second kappa shape index (κ2) is 5.99. The van der Waals surface area contributed by atoms with E-state index < -0.39 is 0 Å². The summed E-state index contributed by atoms with van der Waals surface area (Å²) in [6, 6.07) is 0. The molecule has 0 spiro atoms. The molecule has 2 N–H and O–H groups in total. The molecule has 0 aromatic carbocycles. The van der Waals surface area contributed by atoms with E-state index in [9.17, 15) is 5.11 Å². The van der Waals surface area contributed by atoms with E-state index in [1.165, 1.54) is 30.8 Å². The SMILES string of the molecule is CCSCCCNC(C)(CO)C1CC1. The standard InChI is InChI=1S/C11H23NOS/c1-3-14-8-4-7-12-11(2,9-13)10-5-6-10/h10,12-13H,3-9H2,1-2H3. The Bertz CT molecular complexity index is 161. The summed E-state index contributed by atoms with van der Waals surface area (Å²) in [7, 11) is 0. The van der Waals surface area contributed by atoms with Crippen molar-refractivity contribution in [2.24, 2.45) is 5.92 Å². The molecule has 1 unspecified atom stereocenters. The highest BCUT2D eigenvalue weighted by Gasteiger charge is 2.40. The minimum absolute atomic E-state index is 0.00309. The van der Waals surface area contributed by atoms with Gasteiger partial charge in [0.05, 0.1) is 6.61 Å². The van der Waals surface area contributed by atoms with Gasteiger partial charge in [0.15, 0.2) is 0 Å². The predicted molar refractivity (Wildman–Crippen MR) is 63.8 cm³/mol. The van der Waals surface area contributed by atoms with Crippen LogP contribution < -0.4 is 5.32 Å². The Balaban J connectivity index is 2.08. The molecule has 0 saturated heterocycles. The lowest BCUT2D eigenvalue weighted by Crippen LogP contribution is -2.48. The van der Waals surface area contributed by atoms with Gasteiger partial charge < -0.3 is 10.4 Å². The maximum absolute atomic E-state index is 9.33. The summed E-state index contributed by atoms with van der Waals surface area (Å²) in [6.45, 7) is 5.66. The van der Waals surface area contributed by atoms with E-state index in [0.29, 0.717) is 5.92 Å². The topological polar surface area (TPSA) is 32.3 Å². The Hall–Kier alpha value is 0.270. The Kier molecular flexibility index (Phi) is 5.28. The van der Waals surface area contributed by atoms with E-state index >= 15 is 0 Å². The molecule has 0 aliphatic heterocycles. The van der Waals surface area contributed by atoms with Gasteiger partial charge in [-0.2, -0.15) is 11.8 Å². The van der Waals surface area contributed by atoms with Crippen LogP contribution in [-0.2, 0) is 0 Å². The maximum atomic E-state index is 9.33. The van der Waals surface area contributed by atoms with Crippen LogP contribution >= 0.6 is 11.8 Å². The highest BCUT2D eigenvalue weighted by Crippen LogP contribution is 2.39. The molecule has 2 nitrogen and oxygen atoms in total. The first-order valence-electron chi connectivity index (χ1n) is 5.66. The van der Waals surface area contributed by atoms with Gasteiger partial charge in [0.25, 0.3) is 0 Å². The van der Waals surface area contributed by atoms with Crippen molar-refractivity contribution >= 4 is 11.8 Å². The molecule has 0 aromatic rings. The van der Waals surface area contributed by atoms with Crippen molar-refractivity contribution in [2.45, 2.75) is 38.6 Å². The lowest BCUT2D eigenvalue weighted by Gasteiger charge is -2.28. The first-order valence-corrected chi connectivity index (χ1v) is 6.82. The average molecular weight is 217 g/mol. The lowest BCUT2D eigenvalue weighted by atomic mass is 9.97. The normalized spacial score (nSPS) is 20.8. The fourth-order valence-corrected chi connectivity index (χ4v) is 2.38. The summed E-state index contributed by atoms with van der Waals surface area (Å²) in [5.74, 6) is 3.15. The number of nitrogens with one attached hydrogen (secondary N) is 1. The molecule has 0 bridgehead atoms. The maximum Gasteiger partial charge on any atom is 0.0613 e. The van der Waals surface area contributed by atoms with Crippen molar-refractivity contribution < 1.29 is 5.11 Å². The molecule has 0 radical (unpaired) electrons. The van der Waals surface area contributed by atoms with Crippen LogP contribution in [0.4, 0.5) is 0 Å². The summed E-state index contributed by atoms with van der Waals surface area (Å²) in [6.07, 6.45) is 3.78. The van der Waals surface area contributed by atoms with Crippen LogP contribution in [0.5, 0.6) is 0 Å². The molecule has 1 aliphatic carbocycles. The third-order valence-corrected chi connectivity index (χ3v) is 3.99. The van der Waals surface area contributed by atoms with Gasteiger partial charge in [0.1, 0.15) is 0 Å². The number of thioether (sulfide) groups is 1. The van der Waals surface area contributed by atoms with Gasteiger partial charge in [-0.1, -0.05) is 6.92 Å². The van der Waals surface area contributed by atoms with Crippen molar-refractivity contribution in [3.8, 4) is 0 Å². The molecule has 1 saturated carbocycles. The molecule has 0 aromatic heterocycles. The van der Waals surface area contributed by atoms with Crippen LogP contribution in [0.15, 0.2) is 0 Å². The van der Waals surface area contributed by atoms with Crippen LogP contribution in [0.1, 0.15) is 33.1 Å². The summed E-state index contributed by atoms with van der Waals surface area (Å²) in [5.41, 5.74) is -0.00309. The monoisotopic (exact) mass is 217 g/mol. The van der Waals surface area contributed by atoms with Gasteiger partial charge in [-0.05, 0) is 50.2 Å². The van der Waals surface area contributed by atoms with E-state index in [0.717, 1.165) is 6.54 Å². The quantitative estimate of drug-likeness (QED) is 0.609. The second-order valence-electron chi connectivity index (χ2n) is 4.33. The molecule has 1 fully saturated rings. The summed E-state index contributed by atoms with van der Waals surface area (Å²) >= 11 is 1.99. The lowest BCUT2D eigenvalue weighted by molar-refractivity contribution is 0.155. The van der Waals surface area contributed by atoms with Crippen LogP contribution in [0.25, 0.3) is 0 Å². The number of hydrogen-bond acceptors (Lipinski definition) is 3. The van der Waals surface area contributed by atoms with Gasteiger partial charge in [-0.15, -0.1) is 0 Å². The Labute approximate surface area is 91.9 Å². The zero-order valence-corrected chi connectivity index (χ0v) is 10.2. The molecular weight excluding hydrogens is 194 g/mol. The molecule has 3 heteroatoms. The van der Waals surface area contributed by atoms with E-state index in [1.807, 2.05) is 11.8 Å².